The number of nitrogens with one attached hydrogen (secondary N) is 1. The first kappa shape index (κ1) is 13.0. The summed E-state index contributed by atoms with van der Waals surface area (Å²) < 4.78 is 0. The van der Waals surface area contributed by atoms with Crippen LogP contribution in [0.1, 0.15) is 42.8 Å². The number of likely N-dealkylation sites (N-methyl/N-ethyl adjacent to an activating group) is 1. The predicted octanol–water partition coefficient (Wildman–Crippen LogP) is 2.59. The van der Waals surface area contributed by atoms with E-state index in [1.54, 1.807) is 11.3 Å². The fraction of sp³-hybridized carbons (Fsp3) is 0.769. The van der Waals surface area contributed by atoms with Crippen LogP contribution in [0.15, 0.2) is 5.51 Å². The lowest BCUT2D eigenvalue weighted by Gasteiger charge is -2.48. The van der Waals surface area contributed by atoms with Crippen LogP contribution in [0.4, 0.5) is 0 Å². The minimum absolute atomic E-state index is 0.396. The normalized spacial score (nSPS) is 20.3. The van der Waals surface area contributed by atoms with Gasteiger partial charge in [-0.3, -0.25) is 0 Å². The van der Waals surface area contributed by atoms with Crippen molar-refractivity contribution >= 4 is 11.3 Å². The molecule has 0 aliphatic heterocycles. The third-order valence-electron chi connectivity index (χ3n) is 4.15. The van der Waals surface area contributed by atoms with E-state index in [0.29, 0.717) is 11.6 Å². The average Bonchev–Trinajstić information content (AvgIpc) is 2.62. The van der Waals surface area contributed by atoms with Crippen molar-refractivity contribution in [3.05, 3.63) is 16.1 Å². The van der Waals surface area contributed by atoms with Crippen LogP contribution in [0.2, 0.25) is 0 Å². The highest BCUT2D eigenvalue weighted by molar-refractivity contribution is 7.09. The molecule has 2 rings (SSSR count). The van der Waals surface area contributed by atoms with Crippen molar-refractivity contribution in [3.8, 4) is 0 Å². The first-order valence-electron chi connectivity index (χ1n) is 6.36. The number of thiazole rings is 1. The Labute approximate surface area is 108 Å². The van der Waals surface area contributed by atoms with Gasteiger partial charge < -0.3 is 10.2 Å². The number of aryl methyl sites for hydroxylation is 1. The van der Waals surface area contributed by atoms with Gasteiger partial charge in [0.2, 0.25) is 0 Å². The summed E-state index contributed by atoms with van der Waals surface area (Å²) in [6.07, 6.45) is 4.01. The minimum Gasteiger partial charge on any atom is -0.308 e. The molecule has 1 aliphatic rings. The zero-order valence-corrected chi connectivity index (χ0v) is 12.1. The van der Waals surface area contributed by atoms with E-state index in [1.807, 2.05) is 5.51 Å². The summed E-state index contributed by atoms with van der Waals surface area (Å²) in [4.78, 5) is 8.08. The van der Waals surface area contributed by atoms with Crippen molar-refractivity contribution in [2.45, 2.75) is 44.7 Å². The van der Waals surface area contributed by atoms with E-state index in [-0.39, 0.29) is 0 Å². The quantitative estimate of drug-likeness (QED) is 0.874. The van der Waals surface area contributed by atoms with E-state index in [9.17, 15) is 0 Å². The second kappa shape index (κ2) is 5.04. The standard InChI is InChI=1S/C13H23N3S/c1-10(12-11(2)15-9-17-12)14-8-13(16(3)4)6-5-7-13/h9-10,14H,5-8H2,1-4H3. The Morgan fingerprint density at radius 1 is 1.53 bits per heavy atom. The molecule has 1 fully saturated rings. The van der Waals surface area contributed by atoms with E-state index >= 15 is 0 Å². The zero-order valence-electron chi connectivity index (χ0n) is 11.3. The van der Waals surface area contributed by atoms with Gasteiger partial charge in [0.05, 0.1) is 11.2 Å². The summed E-state index contributed by atoms with van der Waals surface area (Å²) >= 11 is 1.76. The van der Waals surface area contributed by atoms with Gasteiger partial charge in [-0.15, -0.1) is 11.3 Å². The highest BCUT2D eigenvalue weighted by Crippen LogP contribution is 2.36. The van der Waals surface area contributed by atoms with Gasteiger partial charge in [-0.05, 0) is 47.2 Å². The van der Waals surface area contributed by atoms with Gasteiger partial charge in [0.15, 0.2) is 0 Å². The molecular formula is C13H23N3S. The largest absolute Gasteiger partial charge is 0.308 e. The molecule has 1 heterocycles. The molecule has 17 heavy (non-hydrogen) atoms. The van der Waals surface area contributed by atoms with Crippen molar-refractivity contribution in [1.82, 2.24) is 15.2 Å². The molecule has 1 aromatic rings. The summed E-state index contributed by atoms with van der Waals surface area (Å²) in [7, 11) is 4.40. The topological polar surface area (TPSA) is 28.2 Å². The molecule has 0 radical (unpaired) electrons. The molecule has 1 N–H and O–H groups in total. The van der Waals surface area contributed by atoms with Gasteiger partial charge in [0.1, 0.15) is 0 Å². The molecular weight excluding hydrogens is 230 g/mol. The van der Waals surface area contributed by atoms with Gasteiger partial charge in [-0.2, -0.15) is 0 Å². The SMILES string of the molecule is Cc1ncsc1C(C)NCC1(N(C)C)CCC1. The van der Waals surface area contributed by atoms with Gasteiger partial charge in [-0.25, -0.2) is 4.98 Å². The second-order valence-corrected chi connectivity index (χ2v) is 6.26. The fourth-order valence-electron chi connectivity index (χ4n) is 2.53. The third-order valence-corrected chi connectivity index (χ3v) is 5.26. The first-order valence-corrected chi connectivity index (χ1v) is 7.24. The van der Waals surface area contributed by atoms with Crippen molar-refractivity contribution in [1.29, 1.82) is 0 Å². The van der Waals surface area contributed by atoms with Crippen molar-refractivity contribution in [3.63, 3.8) is 0 Å². The predicted molar refractivity (Wildman–Crippen MR) is 73.5 cm³/mol. The zero-order chi connectivity index (χ0) is 12.5. The van der Waals surface area contributed by atoms with Gasteiger partial charge in [0.25, 0.3) is 0 Å². The minimum atomic E-state index is 0.396. The van der Waals surface area contributed by atoms with Gasteiger partial charge >= 0.3 is 0 Å². The van der Waals surface area contributed by atoms with Crippen LogP contribution in [0.3, 0.4) is 0 Å². The van der Waals surface area contributed by atoms with E-state index < -0.39 is 0 Å². The summed E-state index contributed by atoms with van der Waals surface area (Å²) in [6, 6.07) is 0.417. The Bertz CT molecular complexity index is 368. The van der Waals surface area contributed by atoms with Crippen LogP contribution >= 0.6 is 11.3 Å². The van der Waals surface area contributed by atoms with E-state index in [1.165, 1.54) is 29.8 Å². The van der Waals surface area contributed by atoms with E-state index in [4.69, 9.17) is 0 Å². The summed E-state index contributed by atoms with van der Waals surface area (Å²) in [5.74, 6) is 0. The molecule has 96 valence electrons. The molecule has 0 amide bonds. The van der Waals surface area contributed by atoms with Crippen LogP contribution in [-0.4, -0.2) is 36.1 Å². The maximum Gasteiger partial charge on any atom is 0.0798 e. The Balaban J connectivity index is 1.92. The number of nitrogens with zero attached hydrogens (tertiary/aromatic N) is 2. The number of hydrogen-bond acceptors (Lipinski definition) is 4. The van der Waals surface area contributed by atoms with E-state index in [0.717, 1.165) is 6.54 Å². The molecule has 0 saturated heterocycles. The second-order valence-electron chi connectivity index (χ2n) is 5.38. The lowest BCUT2D eigenvalue weighted by Crippen LogP contribution is -2.56. The Hall–Kier alpha value is -0.450. The number of hydrogen-bond donors (Lipinski definition) is 1. The number of aromatic nitrogens is 1. The van der Waals surface area contributed by atoms with Crippen LogP contribution in [-0.2, 0) is 0 Å². The maximum absolute atomic E-state index is 4.32. The van der Waals surface area contributed by atoms with Crippen molar-refractivity contribution < 1.29 is 0 Å². The smallest absolute Gasteiger partial charge is 0.0798 e. The van der Waals surface area contributed by atoms with Crippen LogP contribution in [0, 0.1) is 6.92 Å². The maximum atomic E-state index is 4.32. The molecule has 0 aromatic carbocycles. The number of rotatable bonds is 5. The lowest BCUT2D eigenvalue weighted by molar-refractivity contribution is 0.0577. The highest BCUT2D eigenvalue weighted by Gasteiger charge is 2.38. The highest BCUT2D eigenvalue weighted by atomic mass is 32.1. The fourth-order valence-corrected chi connectivity index (χ4v) is 3.36. The average molecular weight is 253 g/mol. The molecule has 3 nitrogen and oxygen atoms in total. The van der Waals surface area contributed by atoms with Crippen molar-refractivity contribution in [2.24, 2.45) is 0 Å². The van der Waals surface area contributed by atoms with Crippen molar-refractivity contribution in [2.75, 3.05) is 20.6 Å². The van der Waals surface area contributed by atoms with E-state index in [2.05, 4.69) is 43.1 Å². The first-order chi connectivity index (χ1) is 8.05. The molecule has 4 heteroatoms. The van der Waals surface area contributed by atoms with Crippen LogP contribution in [0.25, 0.3) is 0 Å². The molecule has 0 bridgehead atoms. The Kier molecular flexibility index (Phi) is 3.85. The molecule has 1 saturated carbocycles. The van der Waals surface area contributed by atoms with Crippen LogP contribution in [0.5, 0.6) is 0 Å². The summed E-state index contributed by atoms with van der Waals surface area (Å²) in [5.41, 5.74) is 3.50. The van der Waals surface area contributed by atoms with Crippen LogP contribution < -0.4 is 5.32 Å². The monoisotopic (exact) mass is 253 g/mol. The lowest BCUT2D eigenvalue weighted by atomic mass is 9.75. The molecule has 0 spiro atoms. The summed E-state index contributed by atoms with van der Waals surface area (Å²) in [5, 5.41) is 3.68. The summed E-state index contributed by atoms with van der Waals surface area (Å²) in [6.45, 7) is 5.41. The molecule has 1 unspecified atom stereocenters. The Morgan fingerprint density at radius 2 is 2.24 bits per heavy atom. The molecule has 1 atom stereocenters. The third kappa shape index (κ3) is 2.54. The Morgan fingerprint density at radius 3 is 2.65 bits per heavy atom. The molecule has 1 aliphatic carbocycles. The van der Waals surface area contributed by atoms with Gasteiger partial charge in [-0.1, -0.05) is 0 Å². The van der Waals surface area contributed by atoms with Gasteiger partial charge in [0, 0.05) is 23.0 Å². The molecule has 1 aromatic heterocycles.